The van der Waals surface area contributed by atoms with Crippen LogP contribution in [0.2, 0.25) is 0 Å². The van der Waals surface area contributed by atoms with E-state index in [9.17, 15) is 13.2 Å². The van der Waals surface area contributed by atoms with E-state index in [1.807, 2.05) is 4.90 Å². The Balaban J connectivity index is 0.00000180. The molecule has 0 bridgehead atoms. The molecule has 2 N–H and O–H groups in total. The molecule has 0 radical (unpaired) electrons. The highest BCUT2D eigenvalue weighted by Crippen LogP contribution is 2.23. The monoisotopic (exact) mass is 297 g/mol. The van der Waals surface area contributed by atoms with Gasteiger partial charge in [-0.2, -0.15) is 13.2 Å². The van der Waals surface area contributed by atoms with Gasteiger partial charge in [0.25, 0.3) is 0 Å². The van der Waals surface area contributed by atoms with E-state index in [-0.39, 0.29) is 24.2 Å². The van der Waals surface area contributed by atoms with Crippen molar-refractivity contribution in [2.24, 2.45) is 5.73 Å². The minimum Gasteiger partial charge on any atom is -0.484 e. The zero-order valence-electron chi connectivity index (χ0n) is 10.1. The molecule has 1 aromatic heterocycles. The molecule has 1 fully saturated rings. The normalized spacial score (nSPS) is 19.2. The number of pyridine rings is 1. The van der Waals surface area contributed by atoms with Crippen LogP contribution >= 0.6 is 12.4 Å². The molecule has 0 aromatic carbocycles. The van der Waals surface area contributed by atoms with E-state index in [1.54, 1.807) is 0 Å². The number of alkyl halides is 3. The van der Waals surface area contributed by atoms with E-state index in [2.05, 4.69) is 9.72 Å². The summed E-state index contributed by atoms with van der Waals surface area (Å²) in [5.74, 6) is 0.764. The van der Waals surface area contributed by atoms with Crippen molar-refractivity contribution < 1.29 is 17.9 Å². The van der Waals surface area contributed by atoms with Crippen LogP contribution < -0.4 is 15.4 Å². The number of rotatable bonds is 3. The number of nitrogens with zero attached hydrogens (tertiary/aromatic N) is 2. The first-order valence-electron chi connectivity index (χ1n) is 5.60. The van der Waals surface area contributed by atoms with Crippen LogP contribution in [0.5, 0.6) is 5.75 Å². The fourth-order valence-electron chi connectivity index (χ4n) is 1.82. The number of hydrogen-bond acceptors (Lipinski definition) is 4. The Kier molecular flexibility index (Phi) is 5.25. The molecule has 1 atom stereocenters. The fraction of sp³-hybridized carbons (Fsp3) is 0.545. The number of ether oxygens (including phenoxy) is 1. The summed E-state index contributed by atoms with van der Waals surface area (Å²) in [5.41, 5.74) is 5.77. The Morgan fingerprint density at radius 3 is 2.79 bits per heavy atom. The lowest BCUT2D eigenvalue weighted by Gasteiger charge is -2.17. The van der Waals surface area contributed by atoms with E-state index in [4.69, 9.17) is 5.73 Å². The maximum atomic E-state index is 12.0. The smallest absolute Gasteiger partial charge is 0.422 e. The van der Waals surface area contributed by atoms with Crippen molar-refractivity contribution in [2.45, 2.75) is 18.6 Å². The van der Waals surface area contributed by atoms with E-state index < -0.39 is 12.8 Å². The van der Waals surface area contributed by atoms with Gasteiger partial charge in [0.1, 0.15) is 11.6 Å². The highest BCUT2D eigenvalue weighted by Gasteiger charge is 2.28. The van der Waals surface area contributed by atoms with E-state index >= 15 is 0 Å². The molecule has 8 heteroatoms. The Bertz CT molecular complexity index is 416. The quantitative estimate of drug-likeness (QED) is 0.927. The first-order valence-corrected chi connectivity index (χ1v) is 5.60. The molecule has 2 heterocycles. The second-order valence-corrected chi connectivity index (χ2v) is 4.25. The third-order valence-corrected chi connectivity index (χ3v) is 2.67. The van der Waals surface area contributed by atoms with Crippen molar-refractivity contribution in [3.63, 3.8) is 0 Å². The summed E-state index contributed by atoms with van der Waals surface area (Å²) in [7, 11) is 0. The number of halogens is 4. The predicted octanol–water partition coefficient (Wildman–Crippen LogP) is 1.98. The van der Waals surface area contributed by atoms with Gasteiger partial charge in [0.05, 0.1) is 0 Å². The number of aromatic nitrogens is 1. The lowest BCUT2D eigenvalue weighted by atomic mass is 10.3. The van der Waals surface area contributed by atoms with Crippen molar-refractivity contribution in [3.8, 4) is 5.75 Å². The van der Waals surface area contributed by atoms with Gasteiger partial charge in [-0.25, -0.2) is 4.98 Å². The number of hydrogen-bond donors (Lipinski definition) is 1. The molecule has 1 aliphatic rings. The van der Waals surface area contributed by atoms with Gasteiger partial charge in [-0.1, -0.05) is 0 Å². The highest BCUT2D eigenvalue weighted by molar-refractivity contribution is 5.85. The average molecular weight is 298 g/mol. The molecule has 0 spiro atoms. The summed E-state index contributed by atoms with van der Waals surface area (Å²) >= 11 is 0. The van der Waals surface area contributed by atoms with Gasteiger partial charge in [0.2, 0.25) is 0 Å². The number of nitrogens with two attached hydrogens (primary N) is 1. The summed E-state index contributed by atoms with van der Waals surface area (Å²) in [5, 5.41) is 0. The van der Waals surface area contributed by atoms with Crippen LogP contribution in [0.1, 0.15) is 6.42 Å². The van der Waals surface area contributed by atoms with Gasteiger partial charge >= 0.3 is 6.18 Å². The Labute approximate surface area is 115 Å². The van der Waals surface area contributed by atoms with Gasteiger partial charge in [-0.05, 0) is 12.5 Å². The van der Waals surface area contributed by atoms with E-state index in [0.29, 0.717) is 12.4 Å². The van der Waals surface area contributed by atoms with Crippen molar-refractivity contribution in [2.75, 3.05) is 24.6 Å². The lowest BCUT2D eigenvalue weighted by Crippen LogP contribution is -2.26. The fourth-order valence-corrected chi connectivity index (χ4v) is 1.82. The van der Waals surface area contributed by atoms with Gasteiger partial charge in [-0.3, -0.25) is 0 Å². The second kappa shape index (κ2) is 6.29. The van der Waals surface area contributed by atoms with Crippen LogP contribution in [0.3, 0.4) is 0 Å². The third-order valence-electron chi connectivity index (χ3n) is 2.67. The molecule has 2 rings (SSSR count). The van der Waals surface area contributed by atoms with Crippen LogP contribution in [0, 0.1) is 0 Å². The summed E-state index contributed by atoms with van der Waals surface area (Å²) in [6, 6.07) is 3.00. The Morgan fingerprint density at radius 1 is 1.47 bits per heavy atom. The highest BCUT2D eigenvalue weighted by atomic mass is 35.5. The van der Waals surface area contributed by atoms with Crippen molar-refractivity contribution in [1.82, 2.24) is 4.98 Å². The topological polar surface area (TPSA) is 51.4 Å². The molecule has 0 amide bonds. The molecule has 1 aromatic rings. The van der Waals surface area contributed by atoms with E-state index in [1.165, 1.54) is 18.3 Å². The van der Waals surface area contributed by atoms with Crippen molar-refractivity contribution in [3.05, 3.63) is 18.3 Å². The van der Waals surface area contributed by atoms with Crippen LogP contribution in [0.25, 0.3) is 0 Å². The standard InChI is InChI=1S/C11H14F3N3O.ClH/c12-11(13,14)7-18-9-1-3-16-10(5-9)17-4-2-8(15)6-17;/h1,3,5,8H,2,4,6-7,15H2;1H. The van der Waals surface area contributed by atoms with Gasteiger partial charge < -0.3 is 15.4 Å². The summed E-state index contributed by atoms with van der Waals surface area (Å²) < 4.78 is 40.8. The van der Waals surface area contributed by atoms with Crippen LogP contribution in [0.15, 0.2) is 18.3 Å². The minimum atomic E-state index is -4.33. The molecule has 1 unspecified atom stereocenters. The average Bonchev–Trinajstić information content (AvgIpc) is 2.73. The largest absolute Gasteiger partial charge is 0.484 e. The molecule has 4 nitrogen and oxygen atoms in total. The summed E-state index contributed by atoms with van der Waals surface area (Å²) in [4.78, 5) is 6.05. The van der Waals surface area contributed by atoms with Crippen LogP contribution in [-0.2, 0) is 0 Å². The van der Waals surface area contributed by atoms with Crippen LogP contribution in [0.4, 0.5) is 19.0 Å². The Morgan fingerprint density at radius 2 is 2.21 bits per heavy atom. The molecule has 108 valence electrons. The molecule has 0 aliphatic carbocycles. The maximum absolute atomic E-state index is 12.0. The molecule has 0 saturated carbocycles. The SMILES string of the molecule is Cl.NC1CCN(c2cc(OCC(F)(F)F)ccn2)C1. The maximum Gasteiger partial charge on any atom is 0.422 e. The lowest BCUT2D eigenvalue weighted by molar-refractivity contribution is -0.153. The first kappa shape index (κ1) is 15.8. The van der Waals surface area contributed by atoms with E-state index in [0.717, 1.165) is 13.0 Å². The van der Waals surface area contributed by atoms with Crippen molar-refractivity contribution >= 4 is 18.2 Å². The zero-order valence-corrected chi connectivity index (χ0v) is 10.9. The summed E-state index contributed by atoms with van der Waals surface area (Å²) in [6.07, 6.45) is -2.04. The number of anilines is 1. The summed E-state index contributed by atoms with van der Waals surface area (Å²) in [6.45, 7) is 0.128. The van der Waals surface area contributed by atoms with Gasteiger partial charge in [0, 0.05) is 31.4 Å². The predicted molar refractivity (Wildman–Crippen MR) is 67.8 cm³/mol. The van der Waals surface area contributed by atoms with Gasteiger partial charge in [0.15, 0.2) is 6.61 Å². The first-order chi connectivity index (χ1) is 8.44. The van der Waals surface area contributed by atoms with Gasteiger partial charge in [-0.15, -0.1) is 12.4 Å². The molecular weight excluding hydrogens is 283 g/mol. The second-order valence-electron chi connectivity index (χ2n) is 4.25. The minimum absolute atomic E-state index is 0. The van der Waals surface area contributed by atoms with Crippen molar-refractivity contribution in [1.29, 1.82) is 0 Å². The molecular formula is C11H15ClF3N3O. The Hall–Kier alpha value is -1.21. The third kappa shape index (κ3) is 4.76. The molecule has 1 saturated heterocycles. The zero-order chi connectivity index (χ0) is 13.2. The molecule has 1 aliphatic heterocycles. The molecule has 19 heavy (non-hydrogen) atoms. The van der Waals surface area contributed by atoms with Crippen LogP contribution in [-0.4, -0.2) is 36.9 Å².